The molecule has 42 heavy (non-hydrogen) atoms. The summed E-state index contributed by atoms with van der Waals surface area (Å²) in [7, 11) is 0. The van der Waals surface area contributed by atoms with E-state index in [-0.39, 0.29) is 11.9 Å². The van der Waals surface area contributed by atoms with Gasteiger partial charge in [0.1, 0.15) is 18.1 Å². The first-order valence-corrected chi connectivity index (χ1v) is 14.9. The number of hydrogen-bond acceptors (Lipinski definition) is 6. The lowest BCUT2D eigenvalue weighted by molar-refractivity contribution is -0.312. The fourth-order valence-corrected chi connectivity index (χ4v) is 6.06. The van der Waals surface area contributed by atoms with Crippen LogP contribution in [0.1, 0.15) is 28.7 Å². The van der Waals surface area contributed by atoms with Crippen molar-refractivity contribution in [2.45, 2.75) is 37.8 Å². The number of ether oxygens (including phenoxy) is 3. The summed E-state index contributed by atoms with van der Waals surface area (Å²) in [6, 6.07) is 19.0. The molecule has 0 radical (unpaired) electrons. The van der Waals surface area contributed by atoms with E-state index in [1.54, 1.807) is 36.8 Å². The van der Waals surface area contributed by atoms with Gasteiger partial charge in [-0.25, -0.2) is 4.98 Å². The molecule has 1 aromatic heterocycles. The second-order valence-corrected chi connectivity index (χ2v) is 11.6. The van der Waals surface area contributed by atoms with Crippen LogP contribution in [0.5, 0.6) is 11.5 Å². The van der Waals surface area contributed by atoms with E-state index in [0.717, 1.165) is 42.9 Å². The van der Waals surface area contributed by atoms with Crippen LogP contribution in [0.3, 0.4) is 0 Å². The van der Waals surface area contributed by atoms with Crippen molar-refractivity contribution in [2.75, 3.05) is 26.3 Å². The number of nitrogens with zero attached hydrogens (tertiary/aromatic N) is 3. The van der Waals surface area contributed by atoms with Crippen molar-refractivity contribution in [3.05, 3.63) is 118 Å². The van der Waals surface area contributed by atoms with Gasteiger partial charge in [0.25, 0.3) is 0 Å². The molecule has 0 aliphatic carbocycles. The zero-order chi connectivity index (χ0) is 28.9. The van der Waals surface area contributed by atoms with Crippen LogP contribution in [0.25, 0.3) is 6.08 Å². The van der Waals surface area contributed by atoms with Gasteiger partial charge in [-0.1, -0.05) is 59.6 Å². The van der Waals surface area contributed by atoms with Crippen LogP contribution < -0.4 is 4.74 Å². The maximum Gasteiger partial charge on any atom is 0.215 e. The summed E-state index contributed by atoms with van der Waals surface area (Å²) < 4.78 is 21.1. The highest BCUT2D eigenvalue weighted by molar-refractivity contribution is 6.35. The van der Waals surface area contributed by atoms with Gasteiger partial charge in [-0.3, -0.25) is 4.90 Å². The van der Waals surface area contributed by atoms with E-state index in [4.69, 9.17) is 37.4 Å². The predicted octanol–water partition coefficient (Wildman–Crippen LogP) is 6.70. The molecule has 3 heterocycles. The number of imidazole rings is 1. The molecular formula is C33H33Cl2N3O4. The van der Waals surface area contributed by atoms with E-state index >= 15 is 0 Å². The van der Waals surface area contributed by atoms with Crippen LogP contribution in [0, 0.1) is 0 Å². The molecule has 1 N–H and O–H groups in total. The van der Waals surface area contributed by atoms with Crippen LogP contribution in [-0.4, -0.2) is 52.0 Å². The number of rotatable bonds is 9. The van der Waals surface area contributed by atoms with Crippen molar-refractivity contribution in [1.29, 1.82) is 0 Å². The second-order valence-electron chi connectivity index (χ2n) is 10.7. The number of aromatic nitrogens is 2. The normalized spacial score (nSPS) is 21.0. The highest BCUT2D eigenvalue weighted by Gasteiger charge is 2.42. The third-order valence-electron chi connectivity index (χ3n) is 7.70. The number of hydrogen-bond donors (Lipinski definition) is 1. The second kappa shape index (κ2) is 12.9. The SMILES string of the molecule is Oc1ccc(C=CCN2CCc3cc(OC[C@@H]4CCO[C@@](Cn5ccnc5)(c5ccc(Cl)cc5Cl)O4)ccc3C2)cc1. The number of fused-ring (bicyclic) bond motifs is 1. The maximum absolute atomic E-state index is 9.46. The Hall–Kier alpha value is -3.33. The molecule has 6 rings (SSSR count). The largest absolute Gasteiger partial charge is 0.508 e. The highest BCUT2D eigenvalue weighted by atomic mass is 35.5. The van der Waals surface area contributed by atoms with E-state index in [1.807, 2.05) is 35.0 Å². The Balaban J connectivity index is 1.08. The summed E-state index contributed by atoms with van der Waals surface area (Å²) in [5, 5.41) is 10.5. The number of benzene rings is 3. The summed E-state index contributed by atoms with van der Waals surface area (Å²) in [6.45, 7) is 4.05. The molecule has 0 amide bonds. The first kappa shape index (κ1) is 28.8. The molecule has 1 fully saturated rings. The van der Waals surface area contributed by atoms with Gasteiger partial charge < -0.3 is 23.9 Å². The minimum absolute atomic E-state index is 0.194. The molecule has 2 aliphatic heterocycles. The molecule has 9 heteroatoms. The van der Waals surface area contributed by atoms with Crippen molar-refractivity contribution < 1.29 is 19.3 Å². The van der Waals surface area contributed by atoms with Crippen molar-refractivity contribution >= 4 is 29.3 Å². The molecular weight excluding hydrogens is 573 g/mol. The lowest BCUT2D eigenvalue weighted by Crippen LogP contribution is -2.47. The van der Waals surface area contributed by atoms with Gasteiger partial charge in [0.15, 0.2) is 0 Å². The molecule has 7 nitrogen and oxygen atoms in total. The lowest BCUT2D eigenvalue weighted by atomic mass is 9.99. The Labute approximate surface area is 255 Å². The molecule has 218 valence electrons. The Kier molecular flexibility index (Phi) is 8.84. The summed E-state index contributed by atoms with van der Waals surface area (Å²) in [6.07, 6.45) is 11.1. The summed E-state index contributed by atoms with van der Waals surface area (Å²) >= 11 is 12.8. The number of phenolic OH excluding ortho intramolecular Hbond substituents is 1. The van der Waals surface area contributed by atoms with E-state index in [2.05, 4.69) is 34.2 Å². The minimum Gasteiger partial charge on any atom is -0.508 e. The van der Waals surface area contributed by atoms with Crippen molar-refractivity contribution in [2.24, 2.45) is 0 Å². The number of aromatic hydroxyl groups is 1. The van der Waals surface area contributed by atoms with Crippen LogP contribution in [0.15, 0.2) is 85.5 Å². The van der Waals surface area contributed by atoms with Crippen LogP contribution in [0.2, 0.25) is 10.0 Å². The standard InChI is InChI=1S/C33H33Cl2N3O4/c34-27-6-10-31(32(35)19-27)33(22-38-16-13-36-23-38)41-17-12-30(42-33)21-40-29-9-5-26-20-37(15-11-25(26)18-29)14-1-2-24-3-7-28(39)8-4-24/h1-10,13,16,18-19,23,30,39H,11-12,14-15,17,20-22H2/t30-,33+/m0/s1. The highest BCUT2D eigenvalue weighted by Crippen LogP contribution is 2.40. The molecule has 1 saturated heterocycles. The first-order valence-electron chi connectivity index (χ1n) is 14.1. The zero-order valence-electron chi connectivity index (χ0n) is 23.2. The van der Waals surface area contributed by atoms with E-state index in [1.165, 1.54) is 11.1 Å². The van der Waals surface area contributed by atoms with Gasteiger partial charge >= 0.3 is 0 Å². The third kappa shape index (κ3) is 6.83. The Morgan fingerprint density at radius 1 is 1.07 bits per heavy atom. The van der Waals surface area contributed by atoms with Crippen molar-refractivity contribution in [3.63, 3.8) is 0 Å². The first-order chi connectivity index (χ1) is 20.5. The van der Waals surface area contributed by atoms with E-state index < -0.39 is 5.79 Å². The lowest BCUT2D eigenvalue weighted by Gasteiger charge is -2.41. The molecule has 0 unspecified atom stereocenters. The number of phenols is 1. The van der Waals surface area contributed by atoms with Crippen LogP contribution in [-0.2, 0) is 34.8 Å². The molecule has 4 aromatic rings. The van der Waals surface area contributed by atoms with E-state index in [9.17, 15) is 5.11 Å². The smallest absolute Gasteiger partial charge is 0.215 e. The average molecular weight is 607 g/mol. The Morgan fingerprint density at radius 3 is 2.76 bits per heavy atom. The number of halogens is 2. The van der Waals surface area contributed by atoms with E-state index in [0.29, 0.717) is 36.2 Å². The molecule has 3 aromatic carbocycles. The summed E-state index contributed by atoms with van der Waals surface area (Å²) in [5.74, 6) is 0.0317. The quantitative estimate of drug-likeness (QED) is 0.229. The molecule has 0 saturated carbocycles. The zero-order valence-corrected chi connectivity index (χ0v) is 24.7. The van der Waals surface area contributed by atoms with Gasteiger partial charge in [-0.15, -0.1) is 0 Å². The average Bonchev–Trinajstić information content (AvgIpc) is 3.50. The van der Waals surface area contributed by atoms with Crippen LogP contribution in [0.4, 0.5) is 0 Å². The minimum atomic E-state index is -1.09. The van der Waals surface area contributed by atoms with Crippen molar-refractivity contribution in [1.82, 2.24) is 14.5 Å². The van der Waals surface area contributed by atoms with Gasteiger partial charge in [0.2, 0.25) is 5.79 Å². The fourth-order valence-electron chi connectivity index (χ4n) is 5.51. The molecule has 2 atom stereocenters. The molecule has 2 aliphatic rings. The van der Waals surface area contributed by atoms with Gasteiger partial charge in [0.05, 0.1) is 30.6 Å². The molecule has 0 spiro atoms. The monoisotopic (exact) mass is 605 g/mol. The Morgan fingerprint density at radius 2 is 1.95 bits per heavy atom. The van der Waals surface area contributed by atoms with Crippen LogP contribution >= 0.6 is 23.2 Å². The molecule has 0 bridgehead atoms. The summed E-state index contributed by atoms with van der Waals surface area (Å²) in [4.78, 5) is 6.60. The third-order valence-corrected chi connectivity index (χ3v) is 8.24. The van der Waals surface area contributed by atoms with Gasteiger partial charge in [-0.05, 0) is 59.5 Å². The fraction of sp³-hybridized carbons (Fsp3) is 0.303. The maximum atomic E-state index is 9.46. The van der Waals surface area contributed by atoms with Gasteiger partial charge in [0, 0.05) is 49.0 Å². The Bertz CT molecular complexity index is 1530. The van der Waals surface area contributed by atoms with Gasteiger partial charge in [-0.2, -0.15) is 0 Å². The summed E-state index contributed by atoms with van der Waals surface area (Å²) in [5.41, 5.74) is 4.45. The van der Waals surface area contributed by atoms with Crippen molar-refractivity contribution in [3.8, 4) is 11.5 Å². The predicted molar refractivity (Wildman–Crippen MR) is 164 cm³/mol. The topological polar surface area (TPSA) is 69.0 Å².